The number of carbonyl (C=O) groups excluding carboxylic acids is 2. The van der Waals surface area contributed by atoms with E-state index in [2.05, 4.69) is 20.5 Å². The van der Waals surface area contributed by atoms with Gasteiger partial charge in [-0.3, -0.25) is 4.79 Å². The monoisotopic (exact) mass is 475 g/mol. The quantitative estimate of drug-likeness (QED) is 0.433. The van der Waals surface area contributed by atoms with Crippen LogP contribution >= 0.6 is 11.3 Å². The third kappa shape index (κ3) is 4.55. The molecule has 0 aliphatic carbocycles. The Labute approximate surface area is 199 Å². The lowest BCUT2D eigenvalue weighted by Crippen LogP contribution is -2.50. The predicted octanol–water partition coefficient (Wildman–Crippen LogP) is 5.04. The molecule has 172 valence electrons. The molecular weight excluding hydrogens is 453 g/mol. The van der Waals surface area contributed by atoms with Gasteiger partial charge in [-0.2, -0.15) is 0 Å². The number of rotatable bonds is 4. The minimum absolute atomic E-state index is 0.165. The molecule has 1 aliphatic heterocycles. The summed E-state index contributed by atoms with van der Waals surface area (Å²) in [6, 6.07) is 17.3. The van der Waals surface area contributed by atoms with Crippen molar-refractivity contribution in [1.29, 1.82) is 0 Å². The lowest BCUT2D eigenvalue weighted by molar-refractivity contribution is 0.102. The highest BCUT2D eigenvalue weighted by molar-refractivity contribution is 7.17. The molecule has 9 heteroatoms. The number of nitrogens with zero attached hydrogens (tertiary/aromatic N) is 3. The standard InChI is InChI=1S/C25H22FN5O2S/c26-20-6-2-3-7-21(20)29-25(33)31-13-11-30(12-14-31)23-10-9-17(15-27-23)28-24(32)19-16-34-22-8-4-1-5-18(19)22/h1-10,15-16H,11-14H2,(H,28,32)(H,29,33). The SMILES string of the molecule is O=C(Nc1ccc(N2CCN(C(=O)Nc3ccccc3F)CC2)nc1)c1csc2ccccc12. The number of benzene rings is 2. The van der Waals surface area contributed by atoms with Crippen LogP contribution in [0.2, 0.25) is 0 Å². The maximum atomic E-state index is 13.8. The Bertz CT molecular complexity index is 1330. The summed E-state index contributed by atoms with van der Waals surface area (Å²) in [5.74, 6) is 0.146. The normalized spacial score (nSPS) is 13.7. The molecule has 3 heterocycles. The van der Waals surface area contributed by atoms with E-state index in [1.54, 1.807) is 34.6 Å². The van der Waals surface area contributed by atoms with Crippen molar-refractivity contribution >= 4 is 50.6 Å². The molecule has 5 rings (SSSR count). The second kappa shape index (κ2) is 9.48. The van der Waals surface area contributed by atoms with E-state index in [1.165, 1.54) is 12.1 Å². The Morgan fingerprint density at radius 1 is 0.912 bits per heavy atom. The van der Waals surface area contributed by atoms with Crippen LogP contribution in [0.5, 0.6) is 0 Å². The number of nitrogens with one attached hydrogen (secondary N) is 2. The lowest BCUT2D eigenvalue weighted by Gasteiger charge is -2.35. The van der Waals surface area contributed by atoms with E-state index in [1.807, 2.05) is 41.8 Å². The maximum absolute atomic E-state index is 13.8. The van der Waals surface area contributed by atoms with Gasteiger partial charge in [-0.1, -0.05) is 30.3 Å². The third-order valence-electron chi connectivity index (χ3n) is 5.74. The van der Waals surface area contributed by atoms with Gasteiger partial charge in [0, 0.05) is 41.6 Å². The van der Waals surface area contributed by atoms with Crippen molar-refractivity contribution in [2.45, 2.75) is 0 Å². The Kier molecular flexibility index (Phi) is 6.09. The van der Waals surface area contributed by atoms with E-state index in [9.17, 15) is 14.0 Å². The molecular formula is C25H22FN5O2S. The largest absolute Gasteiger partial charge is 0.353 e. The van der Waals surface area contributed by atoms with Crippen LogP contribution in [-0.2, 0) is 0 Å². The molecule has 1 saturated heterocycles. The first kappa shape index (κ1) is 21.8. The fourth-order valence-electron chi connectivity index (χ4n) is 3.89. The van der Waals surface area contributed by atoms with Crippen LogP contribution in [0.15, 0.2) is 72.2 Å². The number of piperazine rings is 1. The van der Waals surface area contributed by atoms with Crippen molar-refractivity contribution in [3.05, 3.63) is 83.6 Å². The van der Waals surface area contributed by atoms with E-state index in [0.29, 0.717) is 37.4 Å². The first-order chi connectivity index (χ1) is 16.6. The summed E-state index contributed by atoms with van der Waals surface area (Å²) in [5.41, 5.74) is 1.44. The number of hydrogen-bond donors (Lipinski definition) is 2. The highest BCUT2D eigenvalue weighted by atomic mass is 32.1. The van der Waals surface area contributed by atoms with Gasteiger partial charge in [0.1, 0.15) is 11.6 Å². The van der Waals surface area contributed by atoms with Crippen molar-refractivity contribution in [3.8, 4) is 0 Å². The molecule has 2 aromatic heterocycles. The lowest BCUT2D eigenvalue weighted by atomic mass is 10.1. The van der Waals surface area contributed by atoms with Crippen molar-refractivity contribution in [2.24, 2.45) is 0 Å². The minimum Gasteiger partial charge on any atom is -0.353 e. The summed E-state index contributed by atoms with van der Waals surface area (Å²) in [4.78, 5) is 33.4. The van der Waals surface area contributed by atoms with Crippen LogP contribution in [0.1, 0.15) is 10.4 Å². The summed E-state index contributed by atoms with van der Waals surface area (Å²) in [5, 5.41) is 8.33. The molecule has 3 amide bonds. The van der Waals surface area contributed by atoms with Gasteiger partial charge in [-0.05, 0) is 30.3 Å². The zero-order valence-corrected chi connectivity index (χ0v) is 19.0. The Balaban J connectivity index is 1.17. The zero-order chi connectivity index (χ0) is 23.5. The fraction of sp³-hybridized carbons (Fsp3) is 0.160. The second-order valence-corrected chi connectivity index (χ2v) is 8.80. The van der Waals surface area contributed by atoms with E-state index in [-0.39, 0.29) is 17.6 Å². The van der Waals surface area contributed by atoms with Gasteiger partial charge in [-0.15, -0.1) is 11.3 Å². The maximum Gasteiger partial charge on any atom is 0.322 e. The summed E-state index contributed by atoms with van der Waals surface area (Å²) in [6.45, 7) is 2.19. The Hall–Kier alpha value is -3.98. The smallest absolute Gasteiger partial charge is 0.322 e. The van der Waals surface area contributed by atoms with Gasteiger partial charge in [0.15, 0.2) is 0 Å². The topological polar surface area (TPSA) is 77.6 Å². The van der Waals surface area contributed by atoms with E-state index < -0.39 is 5.82 Å². The molecule has 0 radical (unpaired) electrons. The molecule has 0 bridgehead atoms. The molecule has 7 nitrogen and oxygen atoms in total. The number of thiophene rings is 1. The van der Waals surface area contributed by atoms with Crippen LogP contribution in [0.25, 0.3) is 10.1 Å². The summed E-state index contributed by atoms with van der Waals surface area (Å²) < 4.78 is 14.9. The Morgan fingerprint density at radius 2 is 1.68 bits per heavy atom. The summed E-state index contributed by atoms with van der Waals surface area (Å²) in [6.07, 6.45) is 1.64. The number of fused-ring (bicyclic) bond motifs is 1. The third-order valence-corrected chi connectivity index (χ3v) is 6.70. The van der Waals surface area contributed by atoms with Gasteiger partial charge in [0.2, 0.25) is 0 Å². The van der Waals surface area contributed by atoms with E-state index in [0.717, 1.165) is 15.9 Å². The number of pyridine rings is 1. The Morgan fingerprint density at radius 3 is 2.44 bits per heavy atom. The van der Waals surface area contributed by atoms with Crippen molar-refractivity contribution in [2.75, 3.05) is 41.7 Å². The predicted molar refractivity (Wildman–Crippen MR) is 133 cm³/mol. The van der Waals surface area contributed by atoms with Gasteiger partial charge in [0.25, 0.3) is 5.91 Å². The molecule has 2 N–H and O–H groups in total. The van der Waals surface area contributed by atoms with Crippen LogP contribution in [-0.4, -0.2) is 48.0 Å². The molecule has 0 spiro atoms. The first-order valence-electron chi connectivity index (χ1n) is 10.9. The van der Waals surface area contributed by atoms with Crippen LogP contribution in [0.3, 0.4) is 0 Å². The number of hydrogen-bond acceptors (Lipinski definition) is 5. The van der Waals surface area contributed by atoms with Gasteiger partial charge < -0.3 is 20.4 Å². The highest BCUT2D eigenvalue weighted by Crippen LogP contribution is 2.26. The van der Waals surface area contributed by atoms with Crippen molar-refractivity contribution < 1.29 is 14.0 Å². The van der Waals surface area contributed by atoms with Gasteiger partial charge >= 0.3 is 6.03 Å². The van der Waals surface area contributed by atoms with Gasteiger partial charge in [-0.25, -0.2) is 14.2 Å². The molecule has 0 unspecified atom stereocenters. The minimum atomic E-state index is -0.460. The zero-order valence-electron chi connectivity index (χ0n) is 18.2. The molecule has 34 heavy (non-hydrogen) atoms. The number of para-hydroxylation sites is 1. The van der Waals surface area contributed by atoms with Crippen LogP contribution in [0.4, 0.5) is 26.4 Å². The molecule has 1 fully saturated rings. The molecule has 1 aliphatic rings. The molecule has 2 aromatic carbocycles. The highest BCUT2D eigenvalue weighted by Gasteiger charge is 2.22. The number of halogens is 1. The first-order valence-corrected chi connectivity index (χ1v) is 11.8. The van der Waals surface area contributed by atoms with Crippen molar-refractivity contribution in [1.82, 2.24) is 9.88 Å². The fourth-order valence-corrected chi connectivity index (χ4v) is 4.84. The summed E-state index contributed by atoms with van der Waals surface area (Å²) >= 11 is 1.54. The van der Waals surface area contributed by atoms with E-state index in [4.69, 9.17) is 0 Å². The summed E-state index contributed by atoms with van der Waals surface area (Å²) in [7, 11) is 0. The van der Waals surface area contributed by atoms with E-state index >= 15 is 0 Å². The van der Waals surface area contributed by atoms with Gasteiger partial charge in [0.05, 0.1) is 23.1 Å². The average Bonchev–Trinajstić information content (AvgIpc) is 3.30. The number of aromatic nitrogens is 1. The number of carbonyl (C=O) groups is 2. The van der Waals surface area contributed by atoms with Crippen LogP contribution in [0, 0.1) is 5.82 Å². The number of anilines is 3. The molecule has 0 saturated carbocycles. The number of urea groups is 1. The van der Waals surface area contributed by atoms with Crippen LogP contribution < -0.4 is 15.5 Å². The molecule has 0 atom stereocenters. The second-order valence-electron chi connectivity index (χ2n) is 7.89. The number of amides is 3. The average molecular weight is 476 g/mol. The van der Waals surface area contributed by atoms with Crippen molar-refractivity contribution in [3.63, 3.8) is 0 Å². The molecule has 4 aromatic rings.